The Kier molecular flexibility index (Phi) is 6.87. The molecular formula is C18H23BrN4O3S2. The second-order valence-electron chi connectivity index (χ2n) is 6.56. The Morgan fingerprint density at radius 1 is 1.29 bits per heavy atom. The van der Waals surface area contributed by atoms with Crippen molar-refractivity contribution in [3.63, 3.8) is 0 Å². The van der Waals surface area contributed by atoms with E-state index in [-0.39, 0.29) is 17.3 Å². The molecule has 7 nitrogen and oxygen atoms in total. The highest BCUT2D eigenvalue weighted by Crippen LogP contribution is 2.23. The molecule has 28 heavy (non-hydrogen) atoms. The average molecular weight is 487 g/mol. The first kappa shape index (κ1) is 21.4. The van der Waals surface area contributed by atoms with E-state index in [1.165, 1.54) is 15.6 Å². The van der Waals surface area contributed by atoms with Crippen LogP contribution in [0.15, 0.2) is 33.6 Å². The molecular weight excluding hydrogens is 464 g/mol. The molecule has 1 aromatic carbocycles. The normalized spacial score (nSPS) is 16.2. The SMILES string of the molecule is CCc1nc(NC(=O)CN2CCN(S(=O)(=O)c3cccc(Br)c3)CC2)sc1C. The van der Waals surface area contributed by atoms with Crippen LogP contribution >= 0.6 is 27.3 Å². The summed E-state index contributed by atoms with van der Waals surface area (Å²) in [7, 11) is -3.52. The second-order valence-corrected chi connectivity index (χ2v) is 10.6. The average Bonchev–Trinajstić information content (AvgIpc) is 3.01. The number of sulfonamides is 1. The number of halogens is 1. The second kappa shape index (κ2) is 9.00. The van der Waals surface area contributed by atoms with Gasteiger partial charge in [-0.05, 0) is 31.5 Å². The number of carbonyl (C=O) groups is 1. The molecule has 0 saturated carbocycles. The smallest absolute Gasteiger partial charge is 0.243 e. The first-order chi connectivity index (χ1) is 13.3. The lowest BCUT2D eigenvalue weighted by atomic mass is 10.3. The minimum atomic E-state index is -3.52. The predicted molar refractivity (Wildman–Crippen MR) is 114 cm³/mol. The maximum Gasteiger partial charge on any atom is 0.243 e. The third kappa shape index (κ3) is 4.98. The zero-order valence-electron chi connectivity index (χ0n) is 15.8. The number of amides is 1. The van der Waals surface area contributed by atoms with E-state index >= 15 is 0 Å². The number of carbonyl (C=O) groups excluding carboxylic acids is 1. The van der Waals surface area contributed by atoms with Crippen LogP contribution in [0.25, 0.3) is 0 Å². The summed E-state index contributed by atoms with van der Waals surface area (Å²) in [6, 6.07) is 6.71. The van der Waals surface area contributed by atoms with E-state index in [4.69, 9.17) is 0 Å². The molecule has 1 N–H and O–H groups in total. The number of nitrogens with zero attached hydrogens (tertiary/aromatic N) is 3. The van der Waals surface area contributed by atoms with Crippen molar-refractivity contribution in [3.05, 3.63) is 39.3 Å². The fourth-order valence-electron chi connectivity index (χ4n) is 3.08. The summed E-state index contributed by atoms with van der Waals surface area (Å²) in [6.45, 7) is 6.00. The monoisotopic (exact) mass is 486 g/mol. The highest BCUT2D eigenvalue weighted by atomic mass is 79.9. The number of thiazole rings is 1. The summed E-state index contributed by atoms with van der Waals surface area (Å²) < 4.78 is 27.7. The van der Waals surface area contributed by atoms with E-state index in [2.05, 4.69) is 26.2 Å². The van der Waals surface area contributed by atoms with Crippen LogP contribution in [0.1, 0.15) is 17.5 Å². The lowest BCUT2D eigenvalue weighted by Crippen LogP contribution is -2.50. The van der Waals surface area contributed by atoms with E-state index in [0.29, 0.717) is 31.3 Å². The topological polar surface area (TPSA) is 82.6 Å². The summed E-state index contributed by atoms with van der Waals surface area (Å²) in [5, 5.41) is 3.47. The molecule has 1 aliphatic rings. The molecule has 3 rings (SSSR count). The quantitative estimate of drug-likeness (QED) is 0.678. The van der Waals surface area contributed by atoms with Crippen LogP contribution in [0, 0.1) is 6.92 Å². The van der Waals surface area contributed by atoms with E-state index in [1.54, 1.807) is 24.3 Å². The van der Waals surface area contributed by atoms with Crippen molar-refractivity contribution in [2.45, 2.75) is 25.2 Å². The highest BCUT2D eigenvalue weighted by molar-refractivity contribution is 9.10. The molecule has 2 aromatic rings. The van der Waals surface area contributed by atoms with E-state index in [1.807, 2.05) is 18.7 Å². The number of piperazine rings is 1. The van der Waals surface area contributed by atoms with Crippen molar-refractivity contribution in [1.29, 1.82) is 0 Å². The van der Waals surface area contributed by atoms with Gasteiger partial charge in [-0.15, -0.1) is 11.3 Å². The molecule has 0 radical (unpaired) electrons. The van der Waals surface area contributed by atoms with Gasteiger partial charge in [-0.1, -0.05) is 28.9 Å². The zero-order valence-corrected chi connectivity index (χ0v) is 19.0. The van der Waals surface area contributed by atoms with Crippen LogP contribution in [-0.4, -0.2) is 61.2 Å². The Morgan fingerprint density at radius 2 is 2.00 bits per heavy atom. The number of benzene rings is 1. The fourth-order valence-corrected chi connectivity index (χ4v) is 6.01. The fraction of sp³-hybridized carbons (Fsp3) is 0.444. The Balaban J connectivity index is 1.54. The summed E-state index contributed by atoms with van der Waals surface area (Å²) in [6.07, 6.45) is 0.840. The lowest BCUT2D eigenvalue weighted by Gasteiger charge is -2.33. The van der Waals surface area contributed by atoms with Gasteiger partial charge in [-0.3, -0.25) is 9.69 Å². The minimum Gasteiger partial charge on any atom is -0.301 e. The van der Waals surface area contributed by atoms with Gasteiger partial charge in [0.15, 0.2) is 5.13 Å². The van der Waals surface area contributed by atoms with Gasteiger partial charge in [0.1, 0.15) is 0 Å². The van der Waals surface area contributed by atoms with Gasteiger partial charge in [0.25, 0.3) is 0 Å². The molecule has 1 fully saturated rings. The van der Waals surface area contributed by atoms with Gasteiger partial charge in [0, 0.05) is 35.5 Å². The number of aryl methyl sites for hydroxylation is 2. The maximum absolute atomic E-state index is 12.8. The first-order valence-electron chi connectivity index (χ1n) is 9.04. The molecule has 0 bridgehead atoms. The Labute approximate surface area is 177 Å². The van der Waals surface area contributed by atoms with Crippen LogP contribution in [-0.2, 0) is 21.2 Å². The van der Waals surface area contributed by atoms with Crippen LogP contribution < -0.4 is 5.32 Å². The number of anilines is 1. The van der Waals surface area contributed by atoms with Crippen LogP contribution in [0.5, 0.6) is 0 Å². The molecule has 1 amide bonds. The largest absolute Gasteiger partial charge is 0.301 e. The van der Waals surface area contributed by atoms with Gasteiger partial charge in [0.2, 0.25) is 15.9 Å². The number of rotatable bonds is 6. The number of aromatic nitrogens is 1. The molecule has 0 spiro atoms. The van der Waals surface area contributed by atoms with Gasteiger partial charge in [0.05, 0.1) is 17.1 Å². The van der Waals surface area contributed by atoms with Crippen molar-refractivity contribution >= 4 is 48.3 Å². The molecule has 1 aromatic heterocycles. The molecule has 0 unspecified atom stereocenters. The molecule has 10 heteroatoms. The third-order valence-electron chi connectivity index (χ3n) is 4.61. The summed E-state index contributed by atoms with van der Waals surface area (Å²) in [5.41, 5.74) is 1.01. The van der Waals surface area contributed by atoms with Crippen LogP contribution in [0.4, 0.5) is 5.13 Å². The Hall–Kier alpha value is -1.33. The summed E-state index contributed by atoms with van der Waals surface area (Å²) in [5.74, 6) is -0.125. The van der Waals surface area contributed by atoms with Crippen molar-refractivity contribution in [3.8, 4) is 0 Å². The summed E-state index contributed by atoms with van der Waals surface area (Å²) in [4.78, 5) is 20.1. The van der Waals surface area contributed by atoms with E-state index in [0.717, 1.165) is 21.5 Å². The third-order valence-corrected chi connectivity index (χ3v) is 7.92. The number of hydrogen-bond donors (Lipinski definition) is 1. The Bertz CT molecular complexity index is 953. The van der Waals surface area contributed by atoms with Gasteiger partial charge in [-0.25, -0.2) is 13.4 Å². The van der Waals surface area contributed by atoms with Crippen molar-refractivity contribution < 1.29 is 13.2 Å². The molecule has 0 atom stereocenters. The van der Waals surface area contributed by atoms with E-state index in [9.17, 15) is 13.2 Å². The molecule has 1 saturated heterocycles. The van der Waals surface area contributed by atoms with E-state index < -0.39 is 10.0 Å². The molecule has 152 valence electrons. The van der Waals surface area contributed by atoms with Crippen molar-refractivity contribution in [2.24, 2.45) is 0 Å². The predicted octanol–water partition coefficient (Wildman–Crippen LogP) is 2.72. The molecule has 1 aliphatic heterocycles. The lowest BCUT2D eigenvalue weighted by molar-refractivity contribution is -0.117. The van der Waals surface area contributed by atoms with Crippen molar-refractivity contribution in [2.75, 3.05) is 38.0 Å². The zero-order chi connectivity index (χ0) is 20.3. The number of nitrogens with one attached hydrogen (secondary N) is 1. The van der Waals surface area contributed by atoms with Crippen LogP contribution in [0.2, 0.25) is 0 Å². The first-order valence-corrected chi connectivity index (χ1v) is 12.1. The summed E-state index contributed by atoms with van der Waals surface area (Å²) >= 11 is 4.79. The van der Waals surface area contributed by atoms with Crippen LogP contribution in [0.3, 0.4) is 0 Å². The van der Waals surface area contributed by atoms with Gasteiger partial charge >= 0.3 is 0 Å². The van der Waals surface area contributed by atoms with Gasteiger partial charge in [-0.2, -0.15) is 4.31 Å². The number of hydrogen-bond acceptors (Lipinski definition) is 6. The Morgan fingerprint density at radius 3 is 2.61 bits per heavy atom. The van der Waals surface area contributed by atoms with Crippen molar-refractivity contribution in [1.82, 2.24) is 14.2 Å². The molecule has 0 aliphatic carbocycles. The maximum atomic E-state index is 12.8. The standard InChI is InChI=1S/C18H23BrN4O3S2/c1-3-16-13(2)27-18(20-16)21-17(24)12-22-7-9-23(10-8-22)28(25,26)15-6-4-5-14(19)11-15/h4-6,11H,3,7-10,12H2,1-2H3,(H,20,21,24). The minimum absolute atomic E-state index is 0.125. The molecule has 2 heterocycles. The van der Waals surface area contributed by atoms with Gasteiger partial charge < -0.3 is 5.32 Å². The highest BCUT2D eigenvalue weighted by Gasteiger charge is 2.29.